The number of amides is 1. The van der Waals surface area contributed by atoms with Crippen LogP contribution in [0.25, 0.3) is 0 Å². The van der Waals surface area contributed by atoms with Crippen LogP contribution in [0.1, 0.15) is 17.5 Å². The predicted octanol–water partition coefficient (Wildman–Crippen LogP) is 0.0922. The van der Waals surface area contributed by atoms with Gasteiger partial charge in [-0.25, -0.2) is 13.6 Å². The third-order valence-electron chi connectivity index (χ3n) is 3.11. The van der Waals surface area contributed by atoms with E-state index in [4.69, 9.17) is 5.14 Å². The first kappa shape index (κ1) is 13.0. The summed E-state index contributed by atoms with van der Waals surface area (Å²) in [6.45, 7) is 3.79. The second-order valence-corrected chi connectivity index (χ2v) is 6.39. The monoisotopic (exact) mass is 269 g/mol. The molecule has 2 heterocycles. The van der Waals surface area contributed by atoms with E-state index in [-0.39, 0.29) is 18.9 Å². The van der Waals surface area contributed by atoms with E-state index in [1.165, 1.54) is 4.90 Å². The Kier molecular flexibility index (Phi) is 3.12. The van der Waals surface area contributed by atoms with Gasteiger partial charge in [0.2, 0.25) is 15.9 Å². The van der Waals surface area contributed by atoms with Gasteiger partial charge in [-0.3, -0.25) is 9.78 Å². The maximum absolute atomic E-state index is 11.9. The highest BCUT2D eigenvalue weighted by atomic mass is 32.2. The molecule has 1 aromatic heterocycles. The van der Waals surface area contributed by atoms with Crippen molar-refractivity contribution in [3.8, 4) is 0 Å². The highest BCUT2D eigenvalue weighted by Crippen LogP contribution is 2.29. The van der Waals surface area contributed by atoms with Crippen LogP contribution in [0, 0.1) is 13.8 Å². The minimum Gasteiger partial charge on any atom is -0.310 e. The Morgan fingerprint density at radius 3 is 2.33 bits per heavy atom. The Hall–Kier alpha value is -1.47. The van der Waals surface area contributed by atoms with E-state index >= 15 is 0 Å². The minimum atomic E-state index is -3.68. The van der Waals surface area contributed by atoms with Crippen LogP contribution in [0.2, 0.25) is 0 Å². The molecule has 1 saturated heterocycles. The summed E-state index contributed by atoms with van der Waals surface area (Å²) in [5.41, 5.74) is 2.43. The average molecular weight is 269 g/mol. The number of anilines is 1. The minimum absolute atomic E-state index is 0.0555. The van der Waals surface area contributed by atoms with Gasteiger partial charge in [0.15, 0.2) is 0 Å². The third kappa shape index (κ3) is 2.23. The Morgan fingerprint density at radius 2 is 1.89 bits per heavy atom. The molecule has 1 fully saturated rings. The number of carbonyl (C=O) groups excluding carboxylic acids is 1. The summed E-state index contributed by atoms with van der Waals surface area (Å²) in [7, 11) is -3.68. The van der Waals surface area contributed by atoms with Gasteiger partial charge in [0.1, 0.15) is 5.25 Å². The van der Waals surface area contributed by atoms with Crippen molar-refractivity contribution in [1.82, 2.24) is 4.98 Å². The highest BCUT2D eigenvalue weighted by Gasteiger charge is 2.38. The summed E-state index contributed by atoms with van der Waals surface area (Å²) in [5, 5.41) is 4.28. The Morgan fingerprint density at radius 1 is 1.33 bits per heavy atom. The van der Waals surface area contributed by atoms with Crippen molar-refractivity contribution in [2.45, 2.75) is 25.5 Å². The van der Waals surface area contributed by atoms with E-state index in [2.05, 4.69) is 4.98 Å². The Labute approximate surface area is 106 Å². The molecule has 1 atom stereocenters. The van der Waals surface area contributed by atoms with Gasteiger partial charge < -0.3 is 4.90 Å². The SMILES string of the molecule is Cc1cncc(C)c1N1CC(S(N)(=O)=O)CC1=O. The van der Waals surface area contributed by atoms with Gasteiger partial charge in [0, 0.05) is 25.4 Å². The summed E-state index contributed by atoms with van der Waals surface area (Å²) in [6.07, 6.45) is 3.25. The summed E-state index contributed by atoms with van der Waals surface area (Å²) < 4.78 is 22.6. The zero-order valence-electron chi connectivity index (χ0n) is 10.3. The molecule has 98 valence electrons. The molecule has 7 heteroatoms. The third-order valence-corrected chi connectivity index (χ3v) is 4.35. The van der Waals surface area contributed by atoms with E-state index < -0.39 is 15.3 Å². The van der Waals surface area contributed by atoms with Gasteiger partial charge in [-0.05, 0) is 25.0 Å². The zero-order chi connectivity index (χ0) is 13.5. The van der Waals surface area contributed by atoms with Crippen LogP contribution in [0.3, 0.4) is 0 Å². The van der Waals surface area contributed by atoms with Crippen molar-refractivity contribution in [1.29, 1.82) is 0 Å². The standard InChI is InChI=1S/C11H15N3O3S/c1-7-4-13-5-8(2)11(7)14-6-9(3-10(14)15)18(12,16)17/h4-5,9H,3,6H2,1-2H3,(H2,12,16,17). The summed E-state index contributed by atoms with van der Waals surface area (Å²) in [4.78, 5) is 17.4. The number of primary sulfonamides is 1. The lowest BCUT2D eigenvalue weighted by atomic mass is 10.1. The molecule has 0 spiro atoms. The number of sulfonamides is 1. The molecule has 0 radical (unpaired) electrons. The molecule has 0 saturated carbocycles. The lowest BCUT2D eigenvalue weighted by molar-refractivity contribution is -0.117. The fourth-order valence-electron chi connectivity index (χ4n) is 2.23. The first-order chi connectivity index (χ1) is 8.30. The van der Waals surface area contributed by atoms with Crippen molar-refractivity contribution < 1.29 is 13.2 Å². The van der Waals surface area contributed by atoms with Crippen LogP contribution in [0.4, 0.5) is 5.69 Å². The summed E-state index contributed by atoms with van der Waals surface area (Å²) in [6, 6.07) is 0. The van der Waals surface area contributed by atoms with Crippen LogP contribution >= 0.6 is 0 Å². The van der Waals surface area contributed by atoms with E-state index in [0.29, 0.717) is 0 Å². The quantitative estimate of drug-likeness (QED) is 0.823. The molecule has 0 aliphatic carbocycles. The number of aryl methyl sites for hydroxylation is 2. The van der Waals surface area contributed by atoms with Crippen molar-refractivity contribution in [2.24, 2.45) is 5.14 Å². The molecule has 1 aliphatic heterocycles. The van der Waals surface area contributed by atoms with Crippen LogP contribution in [-0.2, 0) is 14.8 Å². The summed E-state index contributed by atoms with van der Waals surface area (Å²) >= 11 is 0. The van der Waals surface area contributed by atoms with Gasteiger partial charge in [0.05, 0.1) is 5.69 Å². The number of carbonyl (C=O) groups is 1. The molecule has 1 aromatic rings. The van der Waals surface area contributed by atoms with Gasteiger partial charge in [-0.1, -0.05) is 0 Å². The fraction of sp³-hybridized carbons (Fsp3) is 0.455. The topological polar surface area (TPSA) is 93.4 Å². The van der Waals surface area contributed by atoms with Crippen LogP contribution < -0.4 is 10.0 Å². The second kappa shape index (κ2) is 4.33. The van der Waals surface area contributed by atoms with Gasteiger partial charge >= 0.3 is 0 Å². The molecule has 1 aliphatic rings. The van der Waals surface area contributed by atoms with Crippen LogP contribution in [0.15, 0.2) is 12.4 Å². The van der Waals surface area contributed by atoms with Gasteiger partial charge in [-0.2, -0.15) is 0 Å². The summed E-state index contributed by atoms with van der Waals surface area (Å²) in [5.74, 6) is -0.216. The number of hydrogen-bond acceptors (Lipinski definition) is 4. The van der Waals surface area contributed by atoms with Gasteiger partial charge in [0.25, 0.3) is 0 Å². The Balaban J connectivity index is 2.39. The van der Waals surface area contributed by atoms with Gasteiger partial charge in [-0.15, -0.1) is 0 Å². The zero-order valence-corrected chi connectivity index (χ0v) is 11.1. The van der Waals surface area contributed by atoms with E-state index in [1.54, 1.807) is 12.4 Å². The number of nitrogens with two attached hydrogens (primary N) is 1. The van der Waals surface area contributed by atoms with E-state index in [1.807, 2.05) is 13.8 Å². The fourth-order valence-corrected chi connectivity index (χ4v) is 2.96. The maximum atomic E-state index is 11.9. The van der Waals surface area contributed by atoms with Crippen molar-refractivity contribution in [3.63, 3.8) is 0 Å². The first-order valence-electron chi connectivity index (χ1n) is 5.54. The normalized spacial score (nSPS) is 20.5. The average Bonchev–Trinajstić information content (AvgIpc) is 2.60. The molecule has 0 bridgehead atoms. The molecular weight excluding hydrogens is 254 g/mol. The molecule has 18 heavy (non-hydrogen) atoms. The number of aromatic nitrogens is 1. The maximum Gasteiger partial charge on any atom is 0.228 e. The second-order valence-electron chi connectivity index (χ2n) is 4.54. The molecule has 1 amide bonds. The molecular formula is C11H15N3O3S. The number of pyridine rings is 1. The lowest BCUT2D eigenvalue weighted by Gasteiger charge is -2.20. The molecule has 6 nitrogen and oxygen atoms in total. The smallest absolute Gasteiger partial charge is 0.228 e. The Bertz CT molecular complexity index is 577. The number of nitrogens with zero attached hydrogens (tertiary/aromatic N) is 2. The lowest BCUT2D eigenvalue weighted by Crippen LogP contribution is -2.32. The molecule has 2 rings (SSSR count). The number of rotatable bonds is 2. The highest BCUT2D eigenvalue weighted by molar-refractivity contribution is 7.89. The molecule has 1 unspecified atom stereocenters. The number of hydrogen-bond donors (Lipinski definition) is 1. The van der Waals surface area contributed by atoms with E-state index in [0.717, 1.165) is 16.8 Å². The van der Waals surface area contributed by atoms with E-state index in [9.17, 15) is 13.2 Å². The molecule has 2 N–H and O–H groups in total. The van der Waals surface area contributed by atoms with Crippen LogP contribution in [0.5, 0.6) is 0 Å². The van der Waals surface area contributed by atoms with Crippen molar-refractivity contribution in [2.75, 3.05) is 11.4 Å². The van der Waals surface area contributed by atoms with Crippen molar-refractivity contribution >= 4 is 21.6 Å². The van der Waals surface area contributed by atoms with Crippen molar-refractivity contribution in [3.05, 3.63) is 23.5 Å². The molecule has 0 aromatic carbocycles. The predicted molar refractivity (Wildman–Crippen MR) is 67.6 cm³/mol. The first-order valence-corrected chi connectivity index (χ1v) is 7.15. The van der Waals surface area contributed by atoms with Crippen LogP contribution in [-0.4, -0.2) is 31.1 Å². The largest absolute Gasteiger partial charge is 0.310 e.